The highest BCUT2D eigenvalue weighted by molar-refractivity contribution is 4.81. The average molecular weight is 348 g/mol. The van der Waals surface area contributed by atoms with Gasteiger partial charge in [-0.15, -0.1) is 0 Å². The van der Waals surface area contributed by atoms with Crippen molar-refractivity contribution in [3.8, 4) is 12.1 Å². The van der Waals surface area contributed by atoms with Crippen molar-refractivity contribution in [1.29, 1.82) is 10.5 Å². The van der Waals surface area contributed by atoms with Gasteiger partial charge in [0.15, 0.2) is 0 Å². The fourth-order valence-corrected chi connectivity index (χ4v) is 1.86. The van der Waals surface area contributed by atoms with Crippen molar-refractivity contribution in [2.75, 3.05) is 65.9 Å². The molecule has 0 atom stereocenters. The van der Waals surface area contributed by atoms with Crippen LogP contribution in [-0.4, -0.2) is 65.9 Å². The van der Waals surface area contributed by atoms with Gasteiger partial charge in [0, 0.05) is 0 Å². The third-order valence-corrected chi connectivity index (χ3v) is 3.04. The Morgan fingerprint density at radius 1 is 0.680 bits per heavy atom. The molecule has 8 heteroatoms. The third-order valence-electron chi connectivity index (χ3n) is 3.04. The Morgan fingerprint density at radius 3 is 1.36 bits per heavy atom. The molecule has 25 heavy (non-hydrogen) atoms. The summed E-state index contributed by atoms with van der Waals surface area (Å²) in [6.45, 7) is 16.3. The van der Waals surface area contributed by atoms with Crippen LogP contribution in [-0.2, 0) is 18.9 Å². The summed E-state index contributed by atoms with van der Waals surface area (Å²) in [5.74, 6) is 0. The molecule has 0 fully saturated rings. The van der Waals surface area contributed by atoms with Crippen molar-refractivity contribution in [2.45, 2.75) is 12.8 Å². The molecule has 0 heterocycles. The minimum atomic E-state index is -0.616. The van der Waals surface area contributed by atoms with Crippen molar-refractivity contribution in [1.82, 2.24) is 0 Å². The van der Waals surface area contributed by atoms with E-state index in [4.69, 9.17) is 42.6 Å². The summed E-state index contributed by atoms with van der Waals surface area (Å²) in [6, 6.07) is 4.02. The molecule has 0 spiro atoms. The van der Waals surface area contributed by atoms with Crippen molar-refractivity contribution >= 4 is 0 Å². The van der Waals surface area contributed by atoms with Crippen LogP contribution in [0, 0.1) is 41.2 Å². The molecule has 0 saturated heterocycles. The van der Waals surface area contributed by atoms with E-state index in [1.54, 1.807) is 0 Å². The smallest absolute Gasteiger partial charge is 0.237 e. The first kappa shape index (κ1) is 22.8. The number of hydrogen-bond acceptors (Lipinski definition) is 6. The summed E-state index contributed by atoms with van der Waals surface area (Å²) < 4.78 is 22.3. The zero-order chi connectivity index (χ0) is 18.6. The van der Waals surface area contributed by atoms with Gasteiger partial charge in [-0.1, -0.05) is 0 Å². The number of nitriles is 2. The van der Waals surface area contributed by atoms with Crippen LogP contribution >= 0.6 is 0 Å². The largest absolute Gasteiger partial charge is 0.380 e. The van der Waals surface area contributed by atoms with E-state index in [2.05, 4.69) is 9.69 Å². The first-order chi connectivity index (χ1) is 12.2. The Hall–Kier alpha value is -2.20. The van der Waals surface area contributed by atoms with E-state index in [0.29, 0.717) is 26.4 Å². The molecule has 0 aliphatic carbocycles. The molecule has 0 saturated carbocycles. The highest BCUT2D eigenvalue weighted by atomic mass is 16.5. The van der Waals surface area contributed by atoms with E-state index in [1.165, 1.54) is 0 Å². The van der Waals surface area contributed by atoms with E-state index in [1.807, 2.05) is 12.1 Å². The van der Waals surface area contributed by atoms with Gasteiger partial charge in [0.2, 0.25) is 13.1 Å². The first-order valence-corrected chi connectivity index (χ1v) is 7.96. The Balaban J connectivity index is 4.75. The summed E-state index contributed by atoms with van der Waals surface area (Å²) in [4.78, 5) is 6.48. The van der Waals surface area contributed by atoms with Crippen LogP contribution in [0.15, 0.2) is 0 Å². The van der Waals surface area contributed by atoms with Gasteiger partial charge in [0.05, 0.1) is 70.0 Å². The Bertz CT molecular complexity index is 405. The average Bonchev–Trinajstić information content (AvgIpc) is 2.63. The van der Waals surface area contributed by atoms with Crippen LogP contribution in [0.2, 0.25) is 0 Å². The Kier molecular flexibility index (Phi) is 15.2. The summed E-state index contributed by atoms with van der Waals surface area (Å²) >= 11 is 0. The number of ether oxygens (including phenoxy) is 4. The van der Waals surface area contributed by atoms with Crippen LogP contribution in [0.25, 0.3) is 9.69 Å². The molecule has 0 aliphatic rings. The molecule has 0 amide bonds. The molecule has 0 aromatic carbocycles. The highest BCUT2D eigenvalue weighted by Crippen LogP contribution is 2.21. The van der Waals surface area contributed by atoms with Gasteiger partial charge >= 0.3 is 0 Å². The molecule has 0 unspecified atom stereocenters. The molecule has 0 bridgehead atoms. The monoisotopic (exact) mass is 348 g/mol. The normalized spacial score (nSPS) is 10.4. The predicted molar refractivity (Wildman–Crippen MR) is 89.1 cm³/mol. The number of rotatable bonds is 16. The van der Waals surface area contributed by atoms with E-state index >= 15 is 0 Å². The molecule has 0 aromatic heterocycles. The third kappa shape index (κ3) is 12.8. The van der Waals surface area contributed by atoms with E-state index in [0.717, 1.165) is 0 Å². The van der Waals surface area contributed by atoms with Crippen LogP contribution < -0.4 is 0 Å². The van der Waals surface area contributed by atoms with E-state index in [9.17, 15) is 0 Å². The maximum absolute atomic E-state index is 8.61. The van der Waals surface area contributed by atoms with Gasteiger partial charge in [-0.3, -0.25) is 0 Å². The zero-order valence-corrected chi connectivity index (χ0v) is 14.4. The molecular weight excluding hydrogens is 324 g/mol. The summed E-state index contributed by atoms with van der Waals surface area (Å²) in [5, 5.41) is 17.2. The molecule has 136 valence electrons. The Labute approximate surface area is 149 Å². The second-order valence-electron chi connectivity index (χ2n) is 5.29. The Morgan fingerprint density at radius 2 is 1.04 bits per heavy atom. The number of nitrogens with zero attached hydrogens (tertiary/aromatic N) is 4. The zero-order valence-electron chi connectivity index (χ0n) is 14.4. The van der Waals surface area contributed by atoms with Gasteiger partial charge in [0.25, 0.3) is 0 Å². The van der Waals surface area contributed by atoms with Crippen molar-refractivity contribution in [3.05, 3.63) is 22.8 Å². The van der Waals surface area contributed by atoms with Gasteiger partial charge in [0.1, 0.15) is 13.2 Å². The van der Waals surface area contributed by atoms with Crippen molar-refractivity contribution in [3.63, 3.8) is 0 Å². The van der Waals surface area contributed by atoms with Gasteiger partial charge < -0.3 is 28.6 Å². The predicted octanol–water partition coefficient (Wildman–Crippen LogP) is 1.71. The molecular formula is C17H24N4O4. The second-order valence-corrected chi connectivity index (χ2v) is 5.29. The van der Waals surface area contributed by atoms with E-state index < -0.39 is 5.41 Å². The quantitative estimate of drug-likeness (QED) is 0.311. The first-order valence-electron chi connectivity index (χ1n) is 7.96. The lowest BCUT2D eigenvalue weighted by atomic mass is 9.92. The molecule has 0 radical (unpaired) electrons. The van der Waals surface area contributed by atoms with Gasteiger partial charge in [-0.25, -0.2) is 13.1 Å². The van der Waals surface area contributed by atoms with Gasteiger partial charge in [-0.05, 0) is 0 Å². The lowest BCUT2D eigenvalue weighted by Crippen LogP contribution is -2.42. The fourth-order valence-electron chi connectivity index (χ4n) is 1.86. The topological polar surface area (TPSA) is 93.2 Å². The summed E-state index contributed by atoms with van der Waals surface area (Å²) in [7, 11) is 0. The SMILES string of the molecule is [C-]#[N+]CCOCC(COCCC#N)(COCCC#N)COCC[N+]#[C-]. The van der Waals surface area contributed by atoms with Crippen LogP contribution in [0.3, 0.4) is 0 Å². The summed E-state index contributed by atoms with van der Waals surface area (Å²) in [5.41, 5.74) is -0.616. The van der Waals surface area contributed by atoms with Crippen LogP contribution in [0.4, 0.5) is 0 Å². The minimum absolute atomic E-state index is 0.261. The molecule has 8 nitrogen and oxygen atoms in total. The highest BCUT2D eigenvalue weighted by Gasteiger charge is 2.32. The lowest BCUT2D eigenvalue weighted by molar-refractivity contribution is -0.103. The molecule has 0 aromatic rings. The van der Waals surface area contributed by atoms with Crippen LogP contribution in [0.1, 0.15) is 12.8 Å². The van der Waals surface area contributed by atoms with Crippen molar-refractivity contribution in [2.24, 2.45) is 5.41 Å². The maximum Gasteiger partial charge on any atom is 0.237 e. The minimum Gasteiger partial charge on any atom is -0.380 e. The molecule has 0 rings (SSSR count). The van der Waals surface area contributed by atoms with E-state index in [-0.39, 0.29) is 52.4 Å². The standard InChI is InChI=1S/C17H24N4O4/c1-20-7-11-24-15-17(13-22-9-3-5-18,14-23-10-4-6-19)16-25-12-8-21-2/h3-4,7-16H2. The number of hydrogen-bond donors (Lipinski definition) is 0. The lowest BCUT2D eigenvalue weighted by Gasteiger charge is -2.32. The second kappa shape index (κ2) is 16.7. The molecule has 0 aliphatic heterocycles. The maximum atomic E-state index is 8.61. The van der Waals surface area contributed by atoms with Crippen LogP contribution in [0.5, 0.6) is 0 Å². The molecule has 0 N–H and O–H groups in total. The summed E-state index contributed by atoms with van der Waals surface area (Å²) in [6.07, 6.45) is 0.561. The fraction of sp³-hybridized carbons (Fsp3) is 0.765. The van der Waals surface area contributed by atoms with Crippen molar-refractivity contribution < 1.29 is 18.9 Å². The van der Waals surface area contributed by atoms with Gasteiger partial charge in [-0.2, -0.15) is 10.5 Å².